The van der Waals surface area contributed by atoms with Gasteiger partial charge in [0.25, 0.3) is 0 Å². The summed E-state index contributed by atoms with van der Waals surface area (Å²) in [7, 11) is -3.44. The maximum atomic E-state index is 12.5. The van der Waals surface area contributed by atoms with Crippen molar-refractivity contribution in [3.05, 3.63) is 0 Å². The van der Waals surface area contributed by atoms with Crippen molar-refractivity contribution in [3.8, 4) is 0 Å². The number of ketones is 1. The number of carbonyl (C=O) groups is 1. The van der Waals surface area contributed by atoms with Gasteiger partial charge in [0.1, 0.15) is 6.10 Å². The normalized spacial score (nSPS) is 32.5. The number of Topliss-reactive ketones (excluding diaryl/α,β-unsaturated/α-hetero) is 1. The summed E-state index contributed by atoms with van der Waals surface area (Å²) < 4.78 is 12.6. The molecule has 5 heteroatoms. The molecule has 0 aliphatic heterocycles. The molecule has 1 aliphatic carbocycles. The van der Waals surface area contributed by atoms with Crippen molar-refractivity contribution in [1.82, 2.24) is 0 Å². The molecule has 0 N–H and O–H groups in total. The van der Waals surface area contributed by atoms with Gasteiger partial charge in [0, 0.05) is 6.42 Å². The van der Waals surface area contributed by atoms with E-state index >= 15 is 0 Å². The van der Waals surface area contributed by atoms with E-state index < -0.39 is 16.6 Å². The molecule has 0 heterocycles. The average molecular weight is 317 g/mol. The molecule has 0 aromatic carbocycles. The highest BCUT2D eigenvalue weighted by atomic mass is 28.4. The fourth-order valence-corrected chi connectivity index (χ4v) is 5.08. The van der Waals surface area contributed by atoms with E-state index in [1.807, 2.05) is 0 Å². The molecule has 4 atom stereocenters. The Morgan fingerprint density at radius 3 is 1.95 bits per heavy atom. The van der Waals surface area contributed by atoms with E-state index in [0.29, 0.717) is 18.3 Å². The van der Waals surface area contributed by atoms with Gasteiger partial charge in [0.2, 0.25) is 0 Å². The van der Waals surface area contributed by atoms with Crippen molar-refractivity contribution in [3.63, 3.8) is 0 Å². The molecular weight excluding hydrogens is 284 g/mol. The molecule has 20 heavy (non-hydrogen) atoms. The first kappa shape index (κ1) is 18.1. The lowest BCUT2D eigenvalue weighted by Crippen LogP contribution is -2.55. The van der Waals surface area contributed by atoms with Crippen molar-refractivity contribution >= 4 is 22.4 Å². The van der Waals surface area contributed by atoms with E-state index in [4.69, 9.17) is 8.85 Å². The number of hydrogen-bond acceptors (Lipinski definition) is 3. The summed E-state index contributed by atoms with van der Waals surface area (Å²) in [5.41, 5.74) is 0. The summed E-state index contributed by atoms with van der Waals surface area (Å²) >= 11 is 0. The Morgan fingerprint density at radius 1 is 1.05 bits per heavy atom. The zero-order valence-corrected chi connectivity index (χ0v) is 16.4. The Morgan fingerprint density at radius 2 is 1.55 bits per heavy atom. The van der Waals surface area contributed by atoms with Gasteiger partial charge in [-0.1, -0.05) is 20.3 Å². The third-order valence-corrected chi connectivity index (χ3v) is 5.78. The monoisotopic (exact) mass is 316 g/mol. The topological polar surface area (TPSA) is 35.5 Å². The molecule has 0 saturated heterocycles. The maximum Gasteiger partial charge on any atom is 0.184 e. The predicted octanol–water partition coefficient (Wildman–Crippen LogP) is 4.06. The standard InChI is InChI=1S/C15H32O3Si2/c1-9-12-10-13(16)15(18-20(6,7)8)14(11(12)2)17-19(3,4)5/h11-12,14-15H,9-10H2,1-8H3/t11-,12+,14+,15+/m1/s1. The van der Waals surface area contributed by atoms with E-state index in [1.54, 1.807) is 0 Å². The third kappa shape index (κ3) is 5.09. The molecule has 0 unspecified atom stereocenters. The van der Waals surface area contributed by atoms with Crippen molar-refractivity contribution in [2.24, 2.45) is 11.8 Å². The molecule has 1 rings (SSSR count). The highest BCUT2D eigenvalue weighted by Gasteiger charge is 2.45. The van der Waals surface area contributed by atoms with Gasteiger partial charge < -0.3 is 8.85 Å². The van der Waals surface area contributed by atoms with E-state index in [1.165, 1.54) is 0 Å². The molecule has 0 bridgehead atoms. The van der Waals surface area contributed by atoms with Gasteiger partial charge in [-0.3, -0.25) is 4.79 Å². The highest BCUT2D eigenvalue weighted by Crippen LogP contribution is 2.36. The molecule has 0 aromatic rings. The molecule has 0 amide bonds. The SMILES string of the molecule is CC[C@H]1CC(=O)[C@H](O[Si](C)(C)C)[C@@H](O[Si](C)(C)C)[C@@H]1C. The van der Waals surface area contributed by atoms with Crippen LogP contribution in [0.25, 0.3) is 0 Å². The van der Waals surface area contributed by atoms with Crippen LogP contribution in [0.4, 0.5) is 0 Å². The van der Waals surface area contributed by atoms with E-state index in [-0.39, 0.29) is 18.0 Å². The second kappa shape index (κ2) is 6.42. The molecule has 118 valence electrons. The minimum atomic E-state index is -1.75. The number of rotatable bonds is 5. The lowest BCUT2D eigenvalue weighted by molar-refractivity contribution is -0.141. The van der Waals surface area contributed by atoms with Crippen LogP contribution < -0.4 is 0 Å². The quantitative estimate of drug-likeness (QED) is 0.717. The molecule has 0 radical (unpaired) electrons. The van der Waals surface area contributed by atoms with Gasteiger partial charge in [-0.15, -0.1) is 0 Å². The molecule has 1 fully saturated rings. The summed E-state index contributed by atoms with van der Waals surface area (Å²) in [5, 5.41) is 0. The fourth-order valence-electron chi connectivity index (χ4n) is 2.89. The third-order valence-electron chi connectivity index (χ3n) is 3.84. The summed E-state index contributed by atoms with van der Waals surface area (Å²) in [5.74, 6) is 1.08. The smallest absolute Gasteiger partial charge is 0.184 e. The Balaban J connectivity index is 3.00. The molecule has 0 aromatic heterocycles. The Labute approximate surface area is 126 Å². The Kier molecular flexibility index (Phi) is 5.80. The minimum Gasteiger partial charge on any atom is -0.411 e. The molecular formula is C15H32O3Si2. The first-order chi connectivity index (χ1) is 8.94. The second-order valence-corrected chi connectivity index (χ2v) is 17.0. The van der Waals surface area contributed by atoms with Crippen molar-refractivity contribution < 1.29 is 13.6 Å². The zero-order chi connectivity index (χ0) is 15.7. The van der Waals surface area contributed by atoms with E-state index in [0.717, 1.165) is 6.42 Å². The minimum absolute atomic E-state index is 0.0559. The number of carbonyl (C=O) groups excluding carboxylic acids is 1. The van der Waals surface area contributed by atoms with Gasteiger partial charge in [0.05, 0.1) is 6.10 Å². The van der Waals surface area contributed by atoms with Crippen molar-refractivity contribution in [2.75, 3.05) is 0 Å². The van der Waals surface area contributed by atoms with Crippen LogP contribution in [0.2, 0.25) is 39.3 Å². The first-order valence-electron chi connectivity index (χ1n) is 7.83. The van der Waals surface area contributed by atoms with Crippen LogP contribution in [0.15, 0.2) is 0 Å². The van der Waals surface area contributed by atoms with Crippen molar-refractivity contribution in [1.29, 1.82) is 0 Å². The van der Waals surface area contributed by atoms with Crippen LogP contribution >= 0.6 is 0 Å². The summed E-state index contributed by atoms with van der Waals surface area (Å²) in [4.78, 5) is 12.5. The maximum absolute atomic E-state index is 12.5. The predicted molar refractivity (Wildman–Crippen MR) is 89.0 cm³/mol. The average Bonchev–Trinajstić information content (AvgIpc) is 2.25. The van der Waals surface area contributed by atoms with Gasteiger partial charge in [-0.25, -0.2) is 0 Å². The van der Waals surface area contributed by atoms with Crippen LogP contribution in [-0.2, 0) is 13.6 Å². The van der Waals surface area contributed by atoms with Crippen LogP contribution in [-0.4, -0.2) is 34.6 Å². The molecule has 1 saturated carbocycles. The zero-order valence-electron chi connectivity index (χ0n) is 14.4. The lowest BCUT2D eigenvalue weighted by Gasteiger charge is -2.44. The summed E-state index contributed by atoms with van der Waals surface area (Å²) in [6.45, 7) is 17.4. The summed E-state index contributed by atoms with van der Waals surface area (Å²) in [6.07, 6.45) is 1.29. The first-order valence-corrected chi connectivity index (χ1v) is 14.6. The Bertz CT molecular complexity index is 344. The molecule has 3 nitrogen and oxygen atoms in total. The number of hydrogen-bond donors (Lipinski definition) is 0. The summed E-state index contributed by atoms with van der Waals surface area (Å²) in [6, 6.07) is 0. The van der Waals surface area contributed by atoms with Gasteiger partial charge >= 0.3 is 0 Å². The Hall–Kier alpha value is 0.0238. The molecule has 0 spiro atoms. The van der Waals surface area contributed by atoms with E-state index in [2.05, 4.69) is 53.1 Å². The lowest BCUT2D eigenvalue weighted by atomic mass is 9.75. The van der Waals surface area contributed by atoms with Gasteiger partial charge in [-0.05, 0) is 51.1 Å². The second-order valence-electron chi connectivity index (χ2n) is 8.04. The van der Waals surface area contributed by atoms with E-state index in [9.17, 15) is 4.79 Å². The van der Waals surface area contributed by atoms with Crippen molar-refractivity contribution in [2.45, 2.75) is 78.2 Å². The largest absolute Gasteiger partial charge is 0.411 e. The fraction of sp³-hybridized carbons (Fsp3) is 0.933. The van der Waals surface area contributed by atoms with Gasteiger partial charge in [0.15, 0.2) is 22.4 Å². The van der Waals surface area contributed by atoms with Gasteiger partial charge in [-0.2, -0.15) is 0 Å². The van der Waals surface area contributed by atoms with Crippen LogP contribution in [0.5, 0.6) is 0 Å². The highest BCUT2D eigenvalue weighted by molar-refractivity contribution is 6.70. The van der Waals surface area contributed by atoms with Crippen LogP contribution in [0.1, 0.15) is 26.7 Å². The van der Waals surface area contributed by atoms with Crippen LogP contribution in [0, 0.1) is 11.8 Å². The molecule has 1 aliphatic rings. The van der Waals surface area contributed by atoms with Crippen LogP contribution in [0.3, 0.4) is 0 Å².